The number of ether oxygens (including phenoxy) is 1. The van der Waals surface area contributed by atoms with E-state index < -0.39 is 11.6 Å². The number of aliphatic imine (C=N–C) groups is 1. The molecule has 0 radical (unpaired) electrons. The standard InChI is InChI=1S/C23H23ClN4O2S/c1-12-13(2)31-22-19(12)20(15-7-9-16(24)10-8-15)25-17(11-18(29)30-23(4,5)6)21-27-26-14(3)28(21)22/h7-11H,1-6H3/b17-11-. The number of halogens is 1. The van der Waals surface area contributed by atoms with Crippen LogP contribution in [0.1, 0.15) is 54.0 Å². The van der Waals surface area contributed by atoms with E-state index in [0.29, 0.717) is 16.5 Å². The first-order valence-corrected chi connectivity index (χ1v) is 11.1. The lowest BCUT2D eigenvalue weighted by Crippen LogP contribution is -2.22. The topological polar surface area (TPSA) is 69.4 Å². The fourth-order valence-corrected chi connectivity index (χ4v) is 4.73. The lowest BCUT2D eigenvalue weighted by atomic mass is 10.00. The number of thiophene rings is 1. The Kier molecular flexibility index (Phi) is 5.35. The molecule has 160 valence electrons. The van der Waals surface area contributed by atoms with Gasteiger partial charge in [-0.15, -0.1) is 21.5 Å². The Labute approximate surface area is 190 Å². The van der Waals surface area contributed by atoms with Crippen molar-refractivity contribution in [3.63, 3.8) is 0 Å². The number of esters is 1. The van der Waals surface area contributed by atoms with E-state index in [1.165, 1.54) is 11.0 Å². The fraction of sp³-hybridized carbons (Fsp3) is 0.304. The second-order valence-electron chi connectivity index (χ2n) is 8.40. The molecule has 1 aromatic carbocycles. The van der Waals surface area contributed by atoms with E-state index in [9.17, 15) is 4.79 Å². The third kappa shape index (κ3) is 4.07. The van der Waals surface area contributed by atoms with Gasteiger partial charge in [0.1, 0.15) is 22.1 Å². The zero-order valence-electron chi connectivity index (χ0n) is 18.3. The molecule has 0 saturated carbocycles. The number of aryl methyl sites for hydroxylation is 2. The smallest absolute Gasteiger partial charge is 0.333 e. The summed E-state index contributed by atoms with van der Waals surface area (Å²) in [5, 5.41) is 10.2. The summed E-state index contributed by atoms with van der Waals surface area (Å²) >= 11 is 7.78. The Morgan fingerprint density at radius 2 is 1.81 bits per heavy atom. The highest BCUT2D eigenvalue weighted by Gasteiger charge is 2.29. The molecule has 0 bridgehead atoms. The van der Waals surface area contributed by atoms with Crippen molar-refractivity contribution in [3.8, 4) is 5.00 Å². The van der Waals surface area contributed by atoms with Gasteiger partial charge in [0.25, 0.3) is 0 Å². The largest absolute Gasteiger partial charge is 0.457 e. The zero-order valence-corrected chi connectivity index (χ0v) is 19.9. The van der Waals surface area contributed by atoms with Crippen molar-refractivity contribution in [2.75, 3.05) is 0 Å². The van der Waals surface area contributed by atoms with Gasteiger partial charge >= 0.3 is 5.97 Å². The average Bonchev–Trinajstić information content (AvgIpc) is 3.14. The van der Waals surface area contributed by atoms with Crippen LogP contribution in [0, 0.1) is 20.8 Å². The van der Waals surface area contributed by atoms with Gasteiger partial charge in [-0.2, -0.15) is 0 Å². The molecule has 0 unspecified atom stereocenters. The van der Waals surface area contributed by atoms with E-state index in [0.717, 1.165) is 33.2 Å². The molecule has 1 aliphatic heterocycles. The summed E-state index contributed by atoms with van der Waals surface area (Å²) in [4.78, 5) is 18.8. The average molecular weight is 455 g/mol. The van der Waals surface area contributed by atoms with Crippen molar-refractivity contribution < 1.29 is 9.53 Å². The van der Waals surface area contributed by atoms with Crippen molar-refractivity contribution in [2.24, 2.45) is 4.99 Å². The van der Waals surface area contributed by atoms with Crippen LogP contribution in [0.15, 0.2) is 35.3 Å². The molecule has 2 aromatic heterocycles. The number of hydrogen-bond acceptors (Lipinski definition) is 6. The Bertz CT molecular complexity index is 1240. The van der Waals surface area contributed by atoms with Crippen molar-refractivity contribution in [1.29, 1.82) is 0 Å². The quantitative estimate of drug-likeness (QED) is 0.382. The van der Waals surface area contributed by atoms with Crippen molar-refractivity contribution in [3.05, 3.63) is 68.6 Å². The van der Waals surface area contributed by atoms with Crippen LogP contribution >= 0.6 is 22.9 Å². The molecule has 31 heavy (non-hydrogen) atoms. The maximum Gasteiger partial charge on any atom is 0.333 e. The minimum absolute atomic E-state index is 0.403. The Morgan fingerprint density at radius 3 is 2.45 bits per heavy atom. The summed E-state index contributed by atoms with van der Waals surface area (Å²) in [6.07, 6.45) is 1.39. The molecular formula is C23H23ClN4O2S. The summed E-state index contributed by atoms with van der Waals surface area (Å²) in [5.74, 6) is 0.752. The number of carbonyl (C=O) groups excluding carboxylic acids is 1. The molecule has 1 aliphatic rings. The van der Waals surface area contributed by atoms with Gasteiger partial charge in [-0.05, 0) is 59.2 Å². The van der Waals surface area contributed by atoms with Gasteiger partial charge < -0.3 is 4.74 Å². The van der Waals surface area contributed by atoms with Gasteiger partial charge in [-0.3, -0.25) is 4.57 Å². The summed E-state index contributed by atoms with van der Waals surface area (Å²) in [5.41, 5.74) is 3.58. The van der Waals surface area contributed by atoms with Crippen LogP contribution in [0.25, 0.3) is 10.7 Å². The van der Waals surface area contributed by atoms with Gasteiger partial charge in [-0.1, -0.05) is 23.7 Å². The minimum Gasteiger partial charge on any atom is -0.457 e. The first kappa shape index (κ1) is 21.5. The van der Waals surface area contributed by atoms with Gasteiger partial charge in [0, 0.05) is 21.0 Å². The zero-order chi connectivity index (χ0) is 22.5. The Balaban J connectivity index is 2.00. The van der Waals surface area contributed by atoms with E-state index >= 15 is 0 Å². The van der Waals surface area contributed by atoms with Crippen LogP contribution in [-0.4, -0.2) is 32.0 Å². The monoisotopic (exact) mass is 454 g/mol. The number of hydrogen-bond donors (Lipinski definition) is 0. The van der Waals surface area contributed by atoms with Crippen molar-refractivity contribution in [2.45, 2.75) is 47.1 Å². The molecule has 6 nitrogen and oxygen atoms in total. The van der Waals surface area contributed by atoms with Crippen LogP contribution in [-0.2, 0) is 9.53 Å². The maximum atomic E-state index is 12.6. The highest BCUT2D eigenvalue weighted by molar-refractivity contribution is 7.15. The first-order chi connectivity index (χ1) is 14.5. The molecule has 0 atom stereocenters. The van der Waals surface area contributed by atoms with Crippen LogP contribution in [0.2, 0.25) is 5.02 Å². The van der Waals surface area contributed by atoms with Crippen LogP contribution < -0.4 is 0 Å². The Hall–Kier alpha value is -2.77. The number of benzene rings is 1. The van der Waals surface area contributed by atoms with Crippen molar-refractivity contribution >= 4 is 40.3 Å². The predicted molar refractivity (Wildman–Crippen MR) is 124 cm³/mol. The number of rotatable bonds is 2. The molecule has 0 aliphatic carbocycles. The predicted octanol–water partition coefficient (Wildman–Crippen LogP) is 5.44. The maximum absolute atomic E-state index is 12.6. The third-order valence-corrected chi connectivity index (χ3v) is 6.32. The molecule has 0 saturated heterocycles. The lowest BCUT2D eigenvalue weighted by Gasteiger charge is -2.18. The second-order valence-corrected chi connectivity index (χ2v) is 10.0. The number of carbonyl (C=O) groups is 1. The summed E-state index contributed by atoms with van der Waals surface area (Å²) < 4.78 is 7.47. The van der Waals surface area contributed by atoms with E-state index in [1.807, 2.05) is 56.5 Å². The summed E-state index contributed by atoms with van der Waals surface area (Å²) in [7, 11) is 0. The SMILES string of the molecule is Cc1sc2c(c1C)C(c1ccc(Cl)cc1)=N/C(=C\C(=O)OC(C)(C)C)c1nnc(C)n1-2. The van der Waals surface area contributed by atoms with E-state index in [-0.39, 0.29) is 0 Å². The molecule has 8 heteroatoms. The molecule has 3 aromatic rings. The minimum atomic E-state index is -0.614. The highest BCUT2D eigenvalue weighted by Crippen LogP contribution is 2.38. The molecule has 0 N–H and O–H groups in total. The number of aromatic nitrogens is 3. The molecule has 0 fully saturated rings. The van der Waals surface area contributed by atoms with Crippen LogP contribution in [0.4, 0.5) is 0 Å². The van der Waals surface area contributed by atoms with Crippen LogP contribution in [0.5, 0.6) is 0 Å². The molecule has 3 heterocycles. The first-order valence-electron chi connectivity index (χ1n) is 9.87. The van der Waals surface area contributed by atoms with E-state index in [1.54, 1.807) is 11.3 Å². The fourth-order valence-electron chi connectivity index (χ4n) is 3.40. The molecule has 0 amide bonds. The normalized spacial score (nSPS) is 14.7. The Morgan fingerprint density at radius 1 is 1.13 bits per heavy atom. The second kappa shape index (κ2) is 7.73. The lowest BCUT2D eigenvalue weighted by molar-refractivity contribution is -0.148. The van der Waals surface area contributed by atoms with Gasteiger partial charge in [-0.25, -0.2) is 9.79 Å². The highest BCUT2D eigenvalue weighted by atomic mass is 35.5. The summed E-state index contributed by atoms with van der Waals surface area (Å²) in [6, 6.07) is 7.53. The van der Waals surface area contributed by atoms with E-state index in [2.05, 4.69) is 24.0 Å². The van der Waals surface area contributed by atoms with Gasteiger partial charge in [0.15, 0.2) is 5.82 Å². The van der Waals surface area contributed by atoms with Gasteiger partial charge in [0.2, 0.25) is 0 Å². The summed E-state index contributed by atoms with van der Waals surface area (Å²) in [6.45, 7) is 11.5. The number of nitrogens with zero attached hydrogens (tertiary/aromatic N) is 4. The number of fused-ring (bicyclic) bond motifs is 3. The van der Waals surface area contributed by atoms with Crippen molar-refractivity contribution in [1.82, 2.24) is 14.8 Å². The molecular weight excluding hydrogens is 432 g/mol. The van der Waals surface area contributed by atoms with E-state index in [4.69, 9.17) is 21.3 Å². The molecule has 4 rings (SSSR count). The third-order valence-electron chi connectivity index (χ3n) is 4.87. The molecule has 0 spiro atoms. The van der Waals surface area contributed by atoms with Crippen LogP contribution in [0.3, 0.4) is 0 Å². The van der Waals surface area contributed by atoms with Gasteiger partial charge in [0.05, 0.1) is 11.8 Å².